The minimum Gasteiger partial charge on any atom is -0.484 e. The van der Waals surface area contributed by atoms with Gasteiger partial charge in [0, 0.05) is 12.6 Å². The van der Waals surface area contributed by atoms with Crippen LogP contribution >= 0.6 is 0 Å². The molecule has 0 aliphatic rings. The summed E-state index contributed by atoms with van der Waals surface area (Å²) in [5.41, 5.74) is 5.05. The molecule has 1 aromatic carbocycles. The van der Waals surface area contributed by atoms with E-state index in [1.165, 1.54) is 12.1 Å². The Morgan fingerprint density at radius 3 is 2.80 bits per heavy atom. The second kappa shape index (κ2) is 5.28. The molecule has 0 radical (unpaired) electrons. The van der Waals surface area contributed by atoms with E-state index in [2.05, 4.69) is 0 Å². The molecule has 82 valence electrons. The van der Waals surface area contributed by atoms with Crippen LogP contribution in [0.4, 0.5) is 5.69 Å². The largest absolute Gasteiger partial charge is 0.484 e. The van der Waals surface area contributed by atoms with E-state index < -0.39 is 11.0 Å². The zero-order valence-electron chi connectivity index (χ0n) is 8.00. The van der Waals surface area contributed by atoms with Gasteiger partial charge >= 0.3 is 5.69 Å². The first-order valence-corrected chi connectivity index (χ1v) is 4.39. The zero-order chi connectivity index (χ0) is 11.3. The topological polar surface area (TPSA) is 98.6 Å². The molecule has 0 aliphatic carbocycles. The van der Waals surface area contributed by atoms with Gasteiger partial charge in [-0.05, 0) is 6.07 Å². The summed E-state index contributed by atoms with van der Waals surface area (Å²) in [7, 11) is 0. The Bertz CT molecular complexity index is 343. The van der Waals surface area contributed by atoms with Crippen LogP contribution in [-0.2, 0) is 0 Å². The van der Waals surface area contributed by atoms with E-state index in [0.717, 1.165) is 0 Å². The van der Waals surface area contributed by atoms with Gasteiger partial charge in [0.2, 0.25) is 0 Å². The molecule has 0 amide bonds. The zero-order valence-corrected chi connectivity index (χ0v) is 8.00. The maximum absolute atomic E-state index is 10.6. The fourth-order valence-corrected chi connectivity index (χ4v) is 0.984. The summed E-state index contributed by atoms with van der Waals surface area (Å²) in [5.74, 6) is 0.134. The summed E-state index contributed by atoms with van der Waals surface area (Å²) in [5, 5.41) is 19.7. The normalized spacial score (nSPS) is 12.1. The van der Waals surface area contributed by atoms with Crippen LogP contribution in [0.25, 0.3) is 0 Å². The molecule has 0 aromatic heterocycles. The molecule has 0 fully saturated rings. The van der Waals surface area contributed by atoms with Crippen LogP contribution in [0, 0.1) is 10.1 Å². The molecule has 1 atom stereocenters. The number of benzene rings is 1. The average Bonchev–Trinajstić information content (AvgIpc) is 2.26. The molecular formula is C9H12N2O4. The monoisotopic (exact) mass is 212 g/mol. The van der Waals surface area contributed by atoms with E-state index >= 15 is 0 Å². The third kappa shape index (κ3) is 3.19. The Morgan fingerprint density at radius 1 is 1.53 bits per heavy atom. The molecule has 6 heteroatoms. The van der Waals surface area contributed by atoms with Crippen molar-refractivity contribution in [2.24, 2.45) is 5.73 Å². The predicted octanol–water partition coefficient (Wildman–Crippen LogP) is 0.293. The van der Waals surface area contributed by atoms with Crippen molar-refractivity contribution >= 4 is 5.69 Å². The molecule has 1 aromatic rings. The smallest absolute Gasteiger partial charge is 0.310 e. The summed E-state index contributed by atoms with van der Waals surface area (Å²) >= 11 is 0. The van der Waals surface area contributed by atoms with Crippen LogP contribution in [0.2, 0.25) is 0 Å². The Morgan fingerprint density at radius 2 is 2.20 bits per heavy atom. The van der Waals surface area contributed by atoms with Crippen molar-refractivity contribution in [2.45, 2.75) is 6.10 Å². The number of hydrogen-bond donors (Lipinski definition) is 2. The number of ether oxygens (including phenoxy) is 1. The van der Waals surface area contributed by atoms with Gasteiger partial charge in [0.15, 0.2) is 5.75 Å². The van der Waals surface area contributed by atoms with Gasteiger partial charge in [-0.2, -0.15) is 0 Å². The van der Waals surface area contributed by atoms with Gasteiger partial charge in [-0.15, -0.1) is 0 Å². The quantitative estimate of drug-likeness (QED) is 0.540. The minimum atomic E-state index is -0.815. The van der Waals surface area contributed by atoms with Crippen molar-refractivity contribution in [3.05, 3.63) is 34.4 Å². The lowest BCUT2D eigenvalue weighted by atomic mass is 10.3. The van der Waals surface area contributed by atoms with Gasteiger partial charge in [-0.1, -0.05) is 12.1 Å². The van der Waals surface area contributed by atoms with Crippen LogP contribution in [0.5, 0.6) is 5.75 Å². The molecule has 3 N–H and O–H groups in total. The van der Waals surface area contributed by atoms with Gasteiger partial charge in [0.1, 0.15) is 12.7 Å². The fraction of sp³-hybridized carbons (Fsp3) is 0.333. The third-order valence-corrected chi connectivity index (χ3v) is 1.77. The summed E-state index contributed by atoms with van der Waals surface area (Å²) in [4.78, 5) is 10.0. The molecule has 0 saturated carbocycles. The number of para-hydroxylation sites is 2. The molecule has 0 aliphatic heterocycles. The molecule has 0 bridgehead atoms. The molecular weight excluding hydrogens is 200 g/mol. The Labute approximate surface area is 86.4 Å². The van der Waals surface area contributed by atoms with Gasteiger partial charge in [0.05, 0.1) is 4.92 Å². The first kappa shape index (κ1) is 11.4. The molecule has 0 spiro atoms. The van der Waals surface area contributed by atoms with Crippen molar-refractivity contribution in [1.82, 2.24) is 0 Å². The second-order valence-corrected chi connectivity index (χ2v) is 2.93. The van der Waals surface area contributed by atoms with Crippen molar-refractivity contribution in [3.8, 4) is 5.75 Å². The summed E-state index contributed by atoms with van der Waals surface area (Å²) in [6, 6.07) is 5.98. The predicted molar refractivity (Wildman–Crippen MR) is 53.7 cm³/mol. The minimum absolute atomic E-state index is 0.0542. The maximum Gasteiger partial charge on any atom is 0.310 e. The van der Waals surface area contributed by atoms with Crippen molar-refractivity contribution in [3.63, 3.8) is 0 Å². The Kier molecular flexibility index (Phi) is 4.02. The fourth-order valence-electron chi connectivity index (χ4n) is 0.984. The van der Waals surface area contributed by atoms with Gasteiger partial charge in [-0.3, -0.25) is 10.1 Å². The summed E-state index contributed by atoms with van der Waals surface area (Å²) in [6.07, 6.45) is -0.815. The molecule has 0 unspecified atom stereocenters. The van der Waals surface area contributed by atoms with Crippen LogP contribution in [-0.4, -0.2) is 29.3 Å². The molecule has 0 heterocycles. The molecule has 0 saturated heterocycles. The number of nitro groups is 1. The van der Waals surface area contributed by atoms with E-state index in [4.69, 9.17) is 15.6 Å². The lowest BCUT2D eigenvalue weighted by Crippen LogP contribution is -2.26. The van der Waals surface area contributed by atoms with Crippen molar-refractivity contribution in [2.75, 3.05) is 13.2 Å². The van der Waals surface area contributed by atoms with Crippen molar-refractivity contribution in [1.29, 1.82) is 0 Å². The number of nitro benzene ring substituents is 1. The number of nitrogens with two attached hydrogens (primary N) is 1. The Balaban J connectivity index is 2.72. The van der Waals surface area contributed by atoms with E-state index in [9.17, 15) is 10.1 Å². The van der Waals surface area contributed by atoms with Crippen LogP contribution in [0.1, 0.15) is 0 Å². The second-order valence-electron chi connectivity index (χ2n) is 2.93. The Hall–Kier alpha value is -1.66. The lowest BCUT2D eigenvalue weighted by molar-refractivity contribution is -0.385. The molecule has 1 rings (SSSR count). The number of hydrogen-bond acceptors (Lipinski definition) is 5. The number of nitrogens with zero attached hydrogens (tertiary/aromatic N) is 1. The lowest BCUT2D eigenvalue weighted by Gasteiger charge is -2.09. The van der Waals surface area contributed by atoms with E-state index in [1.807, 2.05) is 0 Å². The number of aliphatic hydroxyl groups is 1. The van der Waals surface area contributed by atoms with Gasteiger partial charge in [-0.25, -0.2) is 0 Å². The maximum atomic E-state index is 10.6. The standard InChI is InChI=1S/C9H12N2O4/c10-5-7(12)6-15-9-4-2-1-3-8(9)11(13)14/h1-4,7,12H,5-6,10H2/t7-/m0/s1. The highest BCUT2D eigenvalue weighted by atomic mass is 16.6. The van der Waals surface area contributed by atoms with Gasteiger partial charge in [0.25, 0.3) is 0 Å². The van der Waals surface area contributed by atoms with Gasteiger partial charge < -0.3 is 15.6 Å². The SMILES string of the molecule is NC[C@H](O)COc1ccccc1[N+](=O)[O-]. The third-order valence-electron chi connectivity index (χ3n) is 1.77. The van der Waals surface area contributed by atoms with Crippen LogP contribution in [0.3, 0.4) is 0 Å². The first-order valence-electron chi connectivity index (χ1n) is 4.39. The number of rotatable bonds is 5. The highest BCUT2D eigenvalue weighted by Gasteiger charge is 2.14. The van der Waals surface area contributed by atoms with E-state index in [1.54, 1.807) is 12.1 Å². The summed E-state index contributed by atoms with van der Waals surface area (Å²) < 4.78 is 5.08. The summed E-state index contributed by atoms with van der Waals surface area (Å²) in [6.45, 7) is 0.00197. The first-order chi connectivity index (χ1) is 7.15. The molecule has 6 nitrogen and oxygen atoms in total. The van der Waals surface area contributed by atoms with Crippen LogP contribution < -0.4 is 10.5 Å². The van der Waals surface area contributed by atoms with E-state index in [0.29, 0.717) is 0 Å². The number of aliphatic hydroxyl groups excluding tert-OH is 1. The average molecular weight is 212 g/mol. The molecule has 15 heavy (non-hydrogen) atoms. The highest BCUT2D eigenvalue weighted by Crippen LogP contribution is 2.25. The van der Waals surface area contributed by atoms with Crippen molar-refractivity contribution < 1.29 is 14.8 Å². The van der Waals surface area contributed by atoms with E-state index in [-0.39, 0.29) is 24.6 Å². The highest BCUT2D eigenvalue weighted by molar-refractivity contribution is 5.45. The van der Waals surface area contributed by atoms with Crippen LogP contribution in [0.15, 0.2) is 24.3 Å².